The first-order valence-electron chi connectivity index (χ1n) is 11.0. The predicted molar refractivity (Wildman–Crippen MR) is 124 cm³/mol. The molecule has 3 heterocycles. The molecule has 0 spiro atoms. The highest BCUT2D eigenvalue weighted by atomic mass is 32.2. The molecule has 36 heavy (non-hydrogen) atoms. The second-order valence-electron chi connectivity index (χ2n) is 8.43. The first-order valence-corrected chi connectivity index (χ1v) is 12.5. The number of nitrogens with one attached hydrogen (secondary N) is 1. The Balaban J connectivity index is 1.47. The summed E-state index contributed by atoms with van der Waals surface area (Å²) in [4.78, 5) is 11.7. The first kappa shape index (κ1) is 25.7. The summed E-state index contributed by atoms with van der Waals surface area (Å²) in [6, 6.07) is 7.67. The molecule has 4 rings (SSSR count). The third-order valence-electron chi connectivity index (χ3n) is 5.96. The van der Waals surface area contributed by atoms with Crippen LogP contribution in [0.3, 0.4) is 0 Å². The van der Waals surface area contributed by atoms with Gasteiger partial charge in [-0.05, 0) is 62.2 Å². The number of pyridine rings is 1. The van der Waals surface area contributed by atoms with Crippen LogP contribution in [0.4, 0.5) is 17.6 Å². The van der Waals surface area contributed by atoms with Gasteiger partial charge in [-0.2, -0.15) is 17.5 Å². The highest BCUT2D eigenvalue weighted by molar-refractivity contribution is 7.89. The number of alkyl halides is 3. The number of aromatic nitrogens is 3. The molecule has 1 aromatic carbocycles. The van der Waals surface area contributed by atoms with Gasteiger partial charge in [0.2, 0.25) is 10.0 Å². The van der Waals surface area contributed by atoms with Crippen LogP contribution in [0.15, 0.2) is 72.2 Å². The van der Waals surface area contributed by atoms with Crippen molar-refractivity contribution in [3.63, 3.8) is 0 Å². The molecule has 0 saturated carbocycles. The van der Waals surface area contributed by atoms with Crippen molar-refractivity contribution in [2.75, 3.05) is 0 Å². The van der Waals surface area contributed by atoms with Gasteiger partial charge in [-0.3, -0.25) is 4.98 Å². The molecule has 1 saturated heterocycles. The lowest BCUT2D eigenvalue weighted by Gasteiger charge is -2.29. The number of rotatable bonds is 7. The molecular weight excluding hydrogens is 498 g/mol. The quantitative estimate of drug-likeness (QED) is 0.460. The Bertz CT molecular complexity index is 1350. The van der Waals surface area contributed by atoms with Crippen LogP contribution in [-0.2, 0) is 22.7 Å². The Morgan fingerprint density at radius 2 is 1.83 bits per heavy atom. The van der Waals surface area contributed by atoms with E-state index in [1.807, 2.05) is 6.92 Å². The van der Waals surface area contributed by atoms with Gasteiger partial charge in [-0.15, -0.1) is 0 Å². The number of halogens is 4. The van der Waals surface area contributed by atoms with Crippen LogP contribution in [0.25, 0.3) is 11.3 Å². The van der Waals surface area contributed by atoms with Crippen LogP contribution < -0.4 is 5.32 Å². The first-order chi connectivity index (χ1) is 17.0. The summed E-state index contributed by atoms with van der Waals surface area (Å²) in [5.74, 6) is -0.526. The Morgan fingerprint density at radius 1 is 1.11 bits per heavy atom. The second kappa shape index (κ2) is 9.94. The van der Waals surface area contributed by atoms with Gasteiger partial charge >= 0.3 is 6.18 Å². The topological polar surface area (TPSA) is 88.1 Å². The maximum Gasteiger partial charge on any atom is 0.433 e. The van der Waals surface area contributed by atoms with Crippen molar-refractivity contribution in [2.45, 2.75) is 49.5 Å². The van der Waals surface area contributed by atoms with Gasteiger partial charge in [-0.1, -0.05) is 6.58 Å². The molecule has 7 nitrogen and oxygen atoms in total. The standard InChI is InChI=1S/C24H23F4N5O2S/c1-15-3-9-22(33(15)36(34,35)20-7-5-18(25)6-8-20)16(2)29-13-19-11-21(32-14-31-19)17-4-10-23(30-12-17)24(26,27)28/h4-8,10-12,14-15,22,29H,2-3,9,13H2,1H3/t15-,22-/m0/s1. The molecule has 0 bridgehead atoms. The van der Waals surface area contributed by atoms with Crippen molar-refractivity contribution in [3.05, 3.63) is 84.5 Å². The minimum atomic E-state index is -4.53. The highest BCUT2D eigenvalue weighted by Crippen LogP contribution is 2.33. The van der Waals surface area contributed by atoms with E-state index in [1.54, 1.807) is 6.07 Å². The van der Waals surface area contributed by atoms with Crippen LogP contribution >= 0.6 is 0 Å². The van der Waals surface area contributed by atoms with E-state index in [0.717, 1.165) is 24.4 Å². The molecule has 2 atom stereocenters. The lowest BCUT2D eigenvalue weighted by Crippen LogP contribution is -2.43. The zero-order valence-corrected chi connectivity index (χ0v) is 20.0. The molecule has 1 aliphatic heterocycles. The molecule has 1 fully saturated rings. The van der Waals surface area contributed by atoms with E-state index in [0.29, 0.717) is 35.5 Å². The molecule has 12 heteroatoms. The van der Waals surface area contributed by atoms with Crippen molar-refractivity contribution >= 4 is 10.0 Å². The summed E-state index contributed by atoms with van der Waals surface area (Å²) in [6.07, 6.45) is -0.964. The lowest BCUT2D eigenvalue weighted by atomic mass is 10.1. The molecule has 190 valence electrons. The minimum Gasteiger partial charge on any atom is -0.382 e. The normalized spacial score (nSPS) is 18.8. The monoisotopic (exact) mass is 521 g/mol. The second-order valence-corrected chi connectivity index (χ2v) is 10.3. The number of hydrogen-bond donors (Lipinski definition) is 1. The average Bonchev–Trinajstić information content (AvgIpc) is 3.25. The molecule has 1 N–H and O–H groups in total. The van der Waals surface area contributed by atoms with E-state index < -0.39 is 33.8 Å². The number of nitrogens with zero attached hydrogens (tertiary/aromatic N) is 4. The summed E-state index contributed by atoms with van der Waals surface area (Å²) >= 11 is 0. The molecular formula is C24H23F4N5O2S. The van der Waals surface area contributed by atoms with Gasteiger partial charge in [0.05, 0.1) is 28.9 Å². The van der Waals surface area contributed by atoms with Crippen molar-refractivity contribution in [1.29, 1.82) is 0 Å². The Labute approximate surface area is 206 Å². The SMILES string of the molecule is C=C(NCc1cc(-c2ccc(C(F)(F)F)nc2)ncn1)[C@@H]1CC[C@H](C)N1S(=O)(=O)c1ccc(F)cc1. The molecule has 0 aliphatic carbocycles. The van der Waals surface area contributed by atoms with E-state index in [1.165, 1.54) is 28.8 Å². The molecule has 3 aromatic rings. The maximum absolute atomic E-state index is 13.3. The maximum atomic E-state index is 13.3. The number of hydrogen-bond acceptors (Lipinski definition) is 6. The highest BCUT2D eigenvalue weighted by Gasteiger charge is 2.41. The van der Waals surface area contributed by atoms with Gasteiger partial charge < -0.3 is 5.32 Å². The summed E-state index contributed by atoms with van der Waals surface area (Å²) < 4.78 is 79.5. The van der Waals surface area contributed by atoms with Gasteiger partial charge in [0.15, 0.2) is 0 Å². The smallest absolute Gasteiger partial charge is 0.382 e. The molecule has 0 unspecified atom stereocenters. The van der Waals surface area contributed by atoms with E-state index >= 15 is 0 Å². The zero-order valence-electron chi connectivity index (χ0n) is 19.2. The van der Waals surface area contributed by atoms with Gasteiger partial charge in [-0.25, -0.2) is 22.8 Å². The van der Waals surface area contributed by atoms with Crippen LogP contribution in [0.1, 0.15) is 31.2 Å². The average molecular weight is 522 g/mol. The van der Waals surface area contributed by atoms with Crippen LogP contribution in [0.5, 0.6) is 0 Å². The van der Waals surface area contributed by atoms with Crippen LogP contribution in [0.2, 0.25) is 0 Å². The van der Waals surface area contributed by atoms with E-state index in [4.69, 9.17) is 0 Å². The fourth-order valence-electron chi connectivity index (χ4n) is 4.11. The van der Waals surface area contributed by atoms with Gasteiger partial charge in [0.25, 0.3) is 0 Å². The Morgan fingerprint density at radius 3 is 2.47 bits per heavy atom. The van der Waals surface area contributed by atoms with E-state index in [-0.39, 0.29) is 17.5 Å². The Hall–Kier alpha value is -3.38. The number of benzene rings is 1. The molecule has 1 aliphatic rings. The van der Waals surface area contributed by atoms with E-state index in [9.17, 15) is 26.0 Å². The summed E-state index contributed by atoms with van der Waals surface area (Å²) in [7, 11) is -3.89. The van der Waals surface area contributed by atoms with Crippen LogP contribution in [0, 0.1) is 5.82 Å². The zero-order chi connectivity index (χ0) is 26.1. The largest absolute Gasteiger partial charge is 0.433 e. The third kappa shape index (κ3) is 5.39. The molecule has 0 radical (unpaired) electrons. The fourth-order valence-corrected chi connectivity index (χ4v) is 5.98. The third-order valence-corrected chi connectivity index (χ3v) is 8.00. The Kier molecular flexibility index (Phi) is 7.10. The van der Waals surface area contributed by atoms with Crippen molar-refractivity contribution in [1.82, 2.24) is 24.6 Å². The lowest BCUT2D eigenvalue weighted by molar-refractivity contribution is -0.141. The summed E-state index contributed by atoms with van der Waals surface area (Å²) in [6.45, 7) is 6.03. The van der Waals surface area contributed by atoms with Gasteiger partial charge in [0.1, 0.15) is 17.8 Å². The molecule has 2 aromatic heterocycles. The fraction of sp³-hybridized carbons (Fsp3) is 0.292. The van der Waals surface area contributed by atoms with Crippen molar-refractivity contribution < 1.29 is 26.0 Å². The molecule has 0 amide bonds. The summed E-state index contributed by atoms with van der Waals surface area (Å²) in [5, 5.41) is 3.12. The van der Waals surface area contributed by atoms with E-state index in [2.05, 4.69) is 26.8 Å². The minimum absolute atomic E-state index is 0.000966. The predicted octanol–water partition coefficient (Wildman–Crippen LogP) is 4.54. The van der Waals surface area contributed by atoms with Gasteiger partial charge in [0, 0.05) is 23.5 Å². The van der Waals surface area contributed by atoms with Crippen molar-refractivity contribution in [2.24, 2.45) is 0 Å². The summed E-state index contributed by atoms with van der Waals surface area (Å²) in [5.41, 5.74) is 0.793. The van der Waals surface area contributed by atoms with Crippen LogP contribution in [-0.4, -0.2) is 39.8 Å². The number of sulfonamides is 1. The van der Waals surface area contributed by atoms with Crippen molar-refractivity contribution in [3.8, 4) is 11.3 Å².